The predicted octanol–water partition coefficient (Wildman–Crippen LogP) is 2.10. The highest BCUT2D eigenvalue weighted by Gasteiger charge is 2.16. The van der Waals surface area contributed by atoms with Crippen molar-refractivity contribution in [2.75, 3.05) is 13.7 Å². The summed E-state index contributed by atoms with van der Waals surface area (Å²) in [6.07, 6.45) is 0.623. The van der Waals surface area contributed by atoms with Crippen molar-refractivity contribution in [2.24, 2.45) is 0 Å². The van der Waals surface area contributed by atoms with Gasteiger partial charge in [0.2, 0.25) is 0 Å². The first-order valence-electron chi connectivity index (χ1n) is 5.30. The Morgan fingerprint density at radius 3 is 1.94 bits per heavy atom. The van der Waals surface area contributed by atoms with Gasteiger partial charge in [-0.3, -0.25) is 4.79 Å². The van der Waals surface area contributed by atoms with E-state index in [1.54, 1.807) is 20.8 Å². The van der Waals surface area contributed by atoms with E-state index in [-0.39, 0.29) is 6.54 Å². The summed E-state index contributed by atoms with van der Waals surface area (Å²) in [5.74, 6) is -0.508. The van der Waals surface area contributed by atoms with Crippen LogP contribution in [0.15, 0.2) is 0 Å². The number of amides is 1. The number of carbonyl (C=O) groups excluding carboxylic acids is 2. The quantitative estimate of drug-likeness (QED) is 0.742. The normalized spacial score (nSPS) is 9.62. The summed E-state index contributed by atoms with van der Waals surface area (Å²) in [5.41, 5.74) is -0.555. The zero-order valence-electron chi connectivity index (χ0n) is 11.0. The maximum Gasteiger partial charge on any atom is 0.408 e. The lowest BCUT2D eigenvalue weighted by molar-refractivity contribution is -0.139. The summed E-state index contributed by atoms with van der Waals surface area (Å²) < 4.78 is 9.20. The van der Waals surface area contributed by atoms with Gasteiger partial charge < -0.3 is 14.8 Å². The summed E-state index contributed by atoms with van der Waals surface area (Å²) in [6.45, 7) is 9.30. The summed E-state index contributed by atoms with van der Waals surface area (Å²) in [7, 11) is 1.25. The number of ether oxygens (including phenoxy) is 2. The van der Waals surface area contributed by atoms with E-state index in [4.69, 9.17) is 4.74 Å². The van der Waals surface area contributed by atoms with Crippen LogP contribution in [0.2, 0.25) is 0 Å². The number of hydrogen-bond acceptors (Lipinski definition) is 4. The Morgan fingerprint density at radius 2 is 1.62 bits per heavy atom. The van der Waals surface area contributed by atoms with Crippen LogP contribution < -0.4 is 5.32 Å². The number of carbonyl (C=O) groups is 2. The first-order valence-corrected chi connectivity index (χ1v) is 5.30. The van der Waals surface area contributed by atoms with Crippen molar-refractivity contribution < 1.29 is 19.1 Å². The van der Waals surface area contributed by atoms with Gasteiger partial charge in [0, 0.05) is 0 Å². The van der Waals surface area contributed by atoms with Crippen LogP contribution in [0.25, 0.3) is 0 Å². The molecule has 16 heavy (non-hydrogen) atoms. The minimum absolute atomic E-state index is 0.175. The first-order chi connectivity index (χ1) is 7.26. The fourth-order valence-corrected chi connectivity index (χ4v) is 0.531. The molecule has 1 amide bonds. The van der Waals surface area contributed by atoms with Gasteiger partial charge >= 0.3 is 12.1 Å². The van der Waals surface area contributed by atoms with Gasteiger partial charge in [-0.15, -0.1) is 0 Å². The van der Waals surface area contributed by atoms with Crippen molar-refractivity contribution in [1.82, 2.24) is 5.32 Å². The van der Waals surface area contributed by atoms with Crippen LogP contribution in [0.3, 0.4) is 0 Å². The molecule has 0 fully saturated rings. The number of nitrogens with one attached hydrogen (secondary N) is 1. The topological polar surface area (TPSA) is 64.6 Å². The molecule has 0 bridgehead atoms. The Balaban J connectivity index is 0. The fraction of sp³-hybridized carbons (Fsp3) is 0.818. The molecule has 0 aliphatic rings. The molecule has 0 aliphatic heterocycles. The molecule has 0 aliphatic carbocycles. The minimum Gasteiger partial charge on any atom is -0.468 e. The Bertz CT molecular complexity index is 209. The summed E-state index contributed by atoms with van der Waals surface area (Å²) in [4.78, 5) is 21.5. The zero-order chi connectivity index (χ0) is 13.2. The van der Waals surface area contributed by atoms with Crippen molar-refractivity contribution >= 4 is 12.1 Å². The van der Waals surface area contributed by atoms with Gasteiger partial charge in [-0.05, 0) is 20.8 Å². The monoisotopic (exact) mass is 233 g/mol. The Morgan fingerprint density at radius 1 is 1.19 bits per heavy atom. The van der Waals surface area contributed by atoms with E-state index in [9.17, 15) is 9.59 Å². The van der Waals surface area contributed by atoms with E-state index >= 15 is 0 Å². The van der Waals surface area contributed by atoms with Crippen molar-refractivity contribution in [3.63, 3.8) is 0 Å². The molecule has 5 heteroatoms. The lowest BCUT2D eigenvalue weighted by atomic mass is 10.2. The summed E-state index contributed by atoms with van der Waals surface area (Å²) in [5, 5.41) is 2.25. The van der Waals surface area contributed by atoms with Gasteiger partial charge in [-0.2, -0.15) is 0 Å². The summed E-state index contributed by atoms with van der Waals surface area (Å²) >= 11 is 0. The molecule has 0 rings (SSSR count). The fourth-order valence-electron chi connectivity index (χ4n) is 0.531. The molecule has 0 radical (unpaired) electrons. The lowest BCUT2D eigenvalue weighted by Gasteiger charge is -2.19. The van der Waals surface area contributed by atoms with Gasteiger partial charge in [-0.25, -0.2) is 4.79 Å². The average molecular weight is 233 g/mol. The Labute approximate surface area is 97.5 Å². The number of hydrogen-bond donors (Lipinski definition) is 1. The third kappa shape index (κ3) is 15.2. The van der Waals surface area contributed by atoms with E-state index in [2.05, 4.69) is 23.9 Å². The number of rotatable bonds is 2. The standard InChI is InChI=1S/C8H15NO4.C3H8/c1-8(2,3)13-7(11)9-5-6(10)12-4;1-3-2/h5H2,1-4H3,(H,9,11);3H2,1-2H3. The van der Waals surface area contributed by atoms with Crippen LogP contribution in [0.4, 0.5) is 4.79 Å². The third-order valence-electron chi connectivity index (χ3n) is 1.00. The van der Waals surface area contributed by atoms with Crippen LogP contribution in [0.5, 0.6) is 0 Å². The molecule has 0 aromatic heterocycles. The third-order valence-corrected chi connectivity index (χ3v) is 1.00. The average Bonchev–Trinajstić information content (AvgIpc) is 2.12. The van der Waals surface area contributed by atoms with Gasteiger partial charge in [-0.1, -0.05) is 20.3 Å². The number of alkyl carbamates (subject to hydrolysis) is 1. The van der Waals surface area contributed by atoms with Crippen molar-refractivity contribution in [2.45, 2.75) is 46.6 Å². The Hall–Kier alpha value is -1.26. The highest BCUT2D eigenvalue weighted by atomic mass is 16.6. The van der Waals surface area contributed by atoms with Gasteiger partial charge in [0.25, 0.3) is 0 Å². The molecule has 0 spiro atoms. The van der Waals surface area contributed by atoms with Crippen LogP contribution in [0, 0.1) is 0 Å². The van der Waals surface area contributed by atoms with Gasteiger partial charge in [0.1, 0.15) is 12.1 Å². The second kappa shape index (κ2) is 9.00. The van der Waals surface area contributed by atoms with E-state index in [1.165, 1.54) is 13.5 Å². The van der Waals surface area contributed by atoms with Crippen molar-refractivity contribution in [1.29, 1.82) is 0 Å². The molecule has 1 N–H and O–H groups in total. The summed E-state index contributed by atoms with van der Waals surface area (Å²) in [6, 6.07) is 0. The molecule has 0 aromatic rings. The largest absolute Gasteiger partial charge is 0.468 e. The maximum atomic E-state index is 10.9. The van der Waals surface area contributed by atoms with E-state index in [0.29, 0.717) is 0 Å². The highest BCUT2D eigenvalue weighted by molar-refractivity contribution is 5.77. The molecule has 0 aromatic carbocycles. The predicted molar refractivity (Wildman–Crippen MR) is 62.2 cm³/mol. The molecule has 0 saturated heterocycles. The molecule has 0 saturated carbocycles. The maximum absolute atomic E-state index is 10.9. The van der Waals surface area contributed by atoms with Gasteiger partial charge in [0.15, 0.2) is 0 Å². The molecule has 0 unspecified atom stereocenters. The minimum atomic E-state index is -0.627. The first kappa shape index (κ1) is 17.1. The van der Waals surface area contributed by atoms with Crippen LogP contribution >= 0.6 is 0 Å². The Kier molecular flexibility index (Phi) is 9.65. The molecule has 0 heterocycles. The van der Waals surface area contributed by atoms with E-state index in [1.807, 2.05) is 0 Å². The van der Waals surface area contributed by atoms with Crippen molar-refractivity contribution in [3.8, 4) is 0 Å². The van der Waals surface area contributed by atoms with E-state index < -0.39 is 17.7 Å². The number of esters is 1. The van der Waals surface area contributed by atoms with Crippen LogP contribution in [-0.4, -0.2) is 31.3 Å². The van der Waals surface area contributed by atoms with Crippen molar-refractivity contribution in [3.05, 3.63) is 0 Å². The molecular formula is C11H23NO4. The van der Waals surface area contributed by atoms with Crippen LogP contribution in [0.1, 0.15) is 41.0 Å². The molecule has 96 valence electrons. The molecule has 0 atom stereocenters. The SMILES string of the molecule is CCC.COC(=O)CNC(=O)OC(C)(C)C. The second-order valence-corrected chi connectivity index (χ2v) is 4.14. The molecule has 5 nitrogen and oxygen atoms in total. The van der Waals surface area contributed by atoms with Gasteiger partial charge in [0.05, 0.1) is 7.11 Å². The molecular weight excluding hydrogens is 210 g/mol. The zero-order valence-corrected chi connectivity index (χ0v) is 11.0. The lowest BCUT2D eigenvalue weighted by Crippen LogP contribution is -2.35. The second-order valence-electron chi connectivity index (χ2n) is 4.14. The smallest absolute Gasteiger partial charge is 0.408 e. The van der Waals surface area contributed by atoms with Crippen LogP contribution in [-0.2, 0) is 14.3 Å². The number of methoxy groups -OCH3 is 1. The highest BCUT2D eigenvalue weighted by Crippen LogP contribution is 2.05. The van der Waals surface area contributed by atoms with E-state index in [0.717, 1.165) is 0 Å².